The van der Waals surface area contributed by atoms with Gasteiger partial charge in [-0.05, 0) is 19.1 Å². The van der Waals surface area contributed by atoms with Crippen molar-refractivity contribution in [1.82, 2.24) is 14.9 Å². The molecule has 2 aromatic rings. The second kappa shape index (κ2) is 6.64. The molecule has 0 amide bonds. The van der Waals surface area contributed by atoms with Gasteiger partial charge in [-0.3, -0.25) is 9.20 Å². The molecule has 0 saturated heterocycles. The Balaban J connectivity index is 1.79. The first-order chi connectivity index (χ1) is 11.5. The van der Waals surface area contributed by atoms with Gasteiger partial charge < -0.3 is 19.4 Å². The first kappa shape index (κ1) is 16.5. The van der Waals surface area contributed by atoms with Gasteiger partial charge in [0.25, 0.3) is 0 Å². The Morgan fingerprint density at radius 2 is 2.12 bits per heavy atom. The molecule has 1 aromatic carbocycles. The summed E-state index contributed by atoms with van der Waals surface area (Å²) in [5, 5.41) is 0.437. The van der Waals surface area contributed by atoms with Crippen LogP contribution in [0.2, 0.25) is 0 Å². The van der Waals surface area contributed by atoms with E-state index >= 15 is 0 Å². The monoisotopic (exact) mass is 348 g/mol. The average molecular weight is 348 g/mol. The number of aromatic nitrogens is 2. The smallest absolute Gasteiger partial charge is 0.197 e. The molecule has 1 N–H and O–H groups in total. The van der Waals surface area contributed by atoms with E-state index in [0.717, 1.165) is 28.2 Å². The normalized spacial score (nSPS) is 19.0. The van der Waals surface area contributed by atoms with Crippen LogP contribution in [-0.2, 0) is 15.5 Å². The van der Waals surface area contributed by atoms with E-state index in [1.165, 1.54) is 0 Å². The summed E-state index contributed by atoms with van der Waals surface area (Å²) in [5.41, 5.74) is 2.50. The van der Waals surface area contributed by atoms with Crippen molar-refractivity contribution in [3.8, 4) is 5.75 Å². The Morgan fingerprint density at radius 3 is 2.83 bits per heavy atom. The molecular weight excluding hydrogens is 328 g/mol. The van der Waals surface area contributed by atoms with E-state index in [0.29, 0.717) is 10.9 Å². The van der Waals surface area contributed by atoms with Crippen LogP contribution in [0.3, 0.4) is 0 Å². The van der Waals surface area contributed by atoms with Crippen LogP contribution in [0, 0.1) is 0 Å². The summed E-state index contributed by atoms with van der Waals surface area (Å²) in [6.45, 7) is 1.93. The van der Waals surface area contributed by atoms with E-state index < -0.39 is 10.8 Å². The lowest BCUT2D eigenvalue weighted by molar-refractivity contribution is 0.144. The SMILES string of the molecule is COC1=C(C)C=NC(CS(=O)c2nc3ccc(OC)cc3[nH]2)N1C. The van der Waals surface area contributed by atoms with Crippen LogP contribution in [0.25, 0.3) is 11.0 Å². The van der Waals surface area contributed by atoms with Crippen molar-refractivity contribution in [1.29, 1.82) is 0 Å². The lowest BCUT2D eigenvalue weighted by Crippen LogP contribution is -2.37. The predicted molar refractivity (Wildman–Crippen MR) is 93.7 cm³/mol. The van der Waals surface area contributed by atoms with Gasteiger partial charge in [0.1, 0.15) is 11.9 Å². The van der Waals surface area contributed by atoms with Crippen LogP contribution in [-0.4, -0.2) is 58.5 Å². The van der Waals surface area contributed by atoms with Crippen LogP contribution in [0.15, 0.2) is 39.8 Å². The van der Waals surface area contributed by atoms with Crippen LogP contribution in [0.5, 0.6) is 5.75 Å². The van der Waals surface area contributed by atoms with Crippen LogP contribution in [0.1, 0.15) is 6.92 Å². The lowest BCUT2D eigenvalue weighted by atomic mass is 10.3. The highest BCUT2D eigenvalue weighted by atomic mass is 32.2. The number of aromatic amines is 1. The van der Waals surface area contributed by atoms with Crippen molar-refractivity contribution in [3.05, 3.63) is 29.7 Å². The molecule has 7 nitrogen and oxygen atoms in total. The fourth-order valence-corrected chi connectivity index (χ4v) is 3.80. The molecule has 2 unspecified atom stereocenters. The number of fused-ring (bicyclic) bond motifs is 1. The summed E-state index contributed by atoms with van der Waals surface area (Å²) in [6.07, 6.45) is 1.50. The Labute approximate surface area is 142 Å². The van der Waals surface area contributed by atoms with Gasteiger partial charge in [0.2, 0.25) is 0 Å². The molecular formula is C16H20N4O3S. The minimum absolute atomic E-state index is 0.257. The quantitative estimate of drug-likeness (QED) is 0.893. The number of hydrogen-bond acceptors (Lipinski definition) is 6. The van der Waals surface area contributed by atoms with E-state index in [1.807, 2.05) is 37.1 Å². The van der Waals surface area contributed by atoms with Crippen molar-refractivity contribution in [2.75, 3.05) is 27.0 Å². The maximum atomic E-state index is 12.7. The first-order valence-corrected chi connectivity index (χ1v) is 8.78. The Kier molecular flexibility index (Phi) is 4.57. The van der Waals surface area contributed by atoms with Crippen molar-refractivity contribution in [2.45, 2.75) is 18.2 Å². The molecule has 1 aromatic heterocycles. The van der Waals surface area contributed by atoms with Gasteiger partial charge in [-0.25, -0.2) is 4.98 Å². The zero-order valence-corrected chi connectivity index (χ0v) is 14.9. The summed E-state index contributed by atoms with van der Waals surface area (Å²) in [4.78, 5) is 13.8. The van der Waals surface area contributed by atoms with Gasteiger partial charge in [0.05, 0.1) is 41.8 Å². The second-order valence-corrected chi connectivity index (χ2v) is 6.91. The van der Waals surface area contributed by atoms with Crippen LogP contribution in [0.4, 0.5) is 0 Å². The summed E-state index contributed by atoms with van der Waals surface area (Å²) in [6, 6.07) is 5.50. The van der Waals surface area contributed by atoms with Crippen molar-refractivity contribution in [3.63, 3.8) is 0 Å². The highest BCUT2D eigenvalue weighted by Crippen LogP contribution is 2.22. The Hall–Kier alpha value is -2.35. The zero-order chi connectivity index (χ0) is 17.3. The highest BCUT2D eigenvalue weighted by molar-refractivity contribution is 7.84. The molecule has 0 fully saturated rings. The standard InChI is InChI=1S/C16H20N4O3S/c1-10-8-17-14(20(2)15(10)23-4)9-24(21)16-18-12-6-5-11(22-3)7-13(12)19-16/h5-8,14H,9H2,1-4H3,(H,18,19). The van der Waals surface area contributed by atoms with Gasteiger partial charge in [-0.1, -0.05) is 0 Å². The zero-order valence-electron chi connectivity index (χ0n) is 14.1. The number of H-pyrrole nitrogens is 1. The number of nitrogens with zero attached hydrogens (tertiary/aromatic N) is 3. The molecule has 3 rings (SSSR count). The highest BCUT2D eigenvalue weighted by Gasteiger charge is 2.25. The van der Waals surface area contributed by atoms with Crippen LogP contribution >= 0.6 is 0 Å². The third-order valence-electron chi connectivity index (χ3n) is 3.92. The fourth-order valence-electron chi connectivity index (χ4n) is 2.64. The number of aliphatic imine (C=N–C) groups is 1. The number of hydrogen-bond donors (Lipinski definition) is 1. The minimum atomic E-state index is -1.31. The molecule has 1 aliphatic rings. The number of imidazole rings is 1. The number of benzene rings is 1. The van der Waals surface area contributed by atoms with Gasteiger partial charge in [0, 0.05) is 24.9 Å². The number of nitrogens with one attached hydrogen (secondary N) is 1. The molecule has 0 bridgehead atoms. The molecule has 2 atom stereocenters. The fraction of sp³-hybridized carbons (Fsp3) is 0.375. The second-order valence-electron chi connectivity index (χ2n) is 5.50. The molecule has 0 radical (unpaired) electrons. The number of rotatable bonds is 5. The summed E-state index contributed by atoms with van der Waals surface area (Å²) in [5.74, 6) is 1.79. The van der Waals surface area contributed by atoms with E-state index in [4.69, 9.17) is 9.47 Å². The molecule has 8 heteroatoms. The third-order valence-corrected chi connectivity index (χ3v) is 5.15. The molecule has 128 valence electrons. The summed E-state index contributed by atoms with van der Waals surface area (Å²) < 4.78 is 23.3. The maximum Gasteiger partial charge on any atom is 0.197 e. The van der Waals surface area contributed by atoms with E-state index in [9.17, 15) is 4.21 Å². The Bertz CT molecular complexity index is 843. The van der Waals surface area contributed by atoms with Crippen molar-refractivity contribution >= 4 is 28.0 Å². The van der Waals surface area contributed by atoms with E-state index in [1.54, 1.807) is 20.4 Å². The average Bonchev–Trinajstić information content (AvgIpc) is 3.01. The van der Waals surface area contributed by atoms with Gasteiger partial charge in [-0.15, -0.1) is 0 Å². The van der Waals surface area contributed by atoms with Crippen molar-refractivity contribution in [2.24, 2.45) is 4.99 Å². The Morgan fingerprint density at radius 1 is 1.33 bits per heavy atom. The number of allylic oxidation sites excluding steroid dienone is 1. The minimum Gasteiger partial charge on any atom is -0.497 e. The first-order valence-electron chi connectivity index (χ1n) is 7.46. The largest absolute Gasteiger partial charge is 0.497 e. The van der Waals surface area contributed by atoms with Crippen molar-refractivity contribution < 1.29 is 13.7 Å². The molecule has 0 aliphatic carbocycles. The number of ether oxygens (including phenoxy) is 2. The lowest BCUT2D eigenvalue weighted by Gasteiger charge is -2.31. The van der Waals surface area contributed by atoms with Crippen LogP contribution < -0.4 is 4.74 Å². The molecule has 1 aliphatic heterocycles. The van der Waals surface area contributed by atoms with Gasteiger partial charge in [0.15, 0.2) is 11.0 Å². The van der Waals surface area contributed by atoms with E-state index in [-0.39, 0.29) is 6.17 Å². The maximum absolute atomic E-state index is 12.7. The molecule has 0 spiro atoms. The number of methoxy groups -OCH3 is 2. The molecule has 0 saturated carbocycles. The topological polar surface area (TPSA) is 79.8 Å². The molecule has 2 heterocycles. The summed E-state index contributed by atoms with van der Waals surface area (Å²) >= 11 is 0. The van der Waals surface area contributed by atoms with E-state index in [2.05, 4.69) is 15.0 Å². The molecule has 24 heavy (non-hydrogen) atoms. The van der Waals surface area contributed by atoms with Gasteiger partial charge in [-0.2, -0.15) is 0 Å². The van der Waals surface area contributed by atoms with Gasteiger partial charge >= 0.3 is 0 Å². The predicted octanol–water partition coefficient (Wildman–Crippen LogP) is 1.90. The third kappa shape index (κ3) is 3.01. The summed E-state index contributed by atoms with van der Waals surface area (Å²) in [7, 11) is 3.79.